The summed E-state index contributed by atoms with van der Waals surface area (Å²) in [6, 6.07) is 16.6. The smallest absolute Gasteiger partial charge is 0.339 e. The molecule has 2 heterocycles. The first-order valence-corrected chi connectivity index (χ1v) is 9.44. The molecule has 29 heavy (non-hydrogen) atoms. The van der Waals surface area contributed by atoms with E-state index in [0.29, 0.717) is 21.5 Å². The first kappa shape index (κ1) is 18.5. The van der Waals surface area contributed by atoms with E-state index in [4.69, 9.17) is 4.74 Å². The number of amides is 1. The van der Waals surface area contributed by atoms with Gasteiger partial charge in [0.05, 0.1) is 15.8 Å². The van der Waals surface area contributed by atoms with Gasteiger partial charge in [-0.25, -0.2) is 4.79 Å². The Morgan fingerprint density at radius 3 is 2.76 bits per heavy atom. The summed E-state index contributed by atoms with van der Waals surface area (Å²) >= 11 is 1.32. The van der Waals surface area contributed by atoms with E-state index in [2.05, 4.69) is 15.6 Å². The van der Waals surface area contributed by atoms with Crippen molar-refractivity contribution < 1.29 is 14.3 Å². The molecule has 0 fully saturated rings. The number of carbonyl (C=O) groups excluding carboxylic acids is 2. The molecule has 1 N–H and O–H groups in total. The number of carbonyl (C=O) groups is 2. The molecular formula is C20H14N4O4S. The molecule has 0 radical (unpaired) electrons. The van der Waals surface area contributed by atoms with Crippen LogP contribution in [0.3, 0.4) is 0 Å². The highest BCUT2D eigenvalue weighted by Crippen LogP contribution is 2.15. The fourth-order valence-electron chi connectivity index (χ4n) is 2.64. The summed E-state index contributed by atoms with van der Waals surface area (Å²) < 4.78 is 6.16. The van der Waals surface area contributed by atoms with Crippen molar-refractivity contribution >= 4 is 39.8 Å². The van der Waals surface area contributed by atoms with Gasteiger partial charge in [-0.1, -0.05) is 29.5 Å². The summed E-state index contributed by atoms with van der Waals surface area (Å²) in [6.45, 7) is -0.374. The summed E-state index contributed by atoms with van der Waals surface area (Å²) in [5.74, 6) is -0.914. The lowest BCUT2D eigenvalue weighted by atomic mass is 10.2. The second-order valence-electron chi connectivity index (χ2n) is 5.98. The van der Waals surface area contributed by atoms with Crippen molar-refractivity contribution in [1.82, 2.24) is 15.0 Å². The van der Waals surface area contributed by atoms with E-state index >= 15 is 0 Å². The second-order valence-corrected chi connectivity index (χ2v) is 6.93. The van der Waals surface area contributed by atoms with Crippen molar-refractivity contribution in [2.75, 3.05) is 5.32 Å². The highest BCUT2D eigenvalue weighted by molar-refractivity contribution is 7.12. The summed E-state index contributed by atoms with van der Waals surface area (Å²) in [4.78, 5) is 37.5. The van der Waals surface area contributed by atoms with Crippen LogP contribution in [0.2, 0.25) is 0 Å². The molecule has 0 atom stereocenters. The van der Waals surface area contributed by atoms with Crippen LogP contribution in [0.15, 0.2) is 70.8 Å². The van der Waals surface area contributed by atoms with Gasteiger partial charge in [0.2, 0.25) is 0 Å². The molecule has 0 saturated carbocycles. The average Bonchev–Trinajstić information content (AvgIpc) is 3.29. The van der Waals surface area contributed by atoms with Crippen LogP contribution in [-0.2, 0) is 11.5 Å². The second kappa shape index (κ2) is 8.03. The number of nitrogens with zero attached hydrogens (tertiary/aromatic N) is 3. The van der Waals surface area contributed by atoms with E-state index in [-0.39, 0.29) is 18.2 Å². The Bertz CT molecular complexity index is 1250. The molecule has 2 aromatic carbocycles. The van der Waals surface area contributed by atoms with Crippen LogP contribution in [0.4, 0.5) is 5.69 Å². The van der Waals surface area contributed by atoms with Gasteiger partial charge in [-0.3, -0.25) is 9.59 Å². The number of ether oxygens (including phenoxy) is 1. The lowest BCUT2D eigenvalue weighted by Gasteiger charge is -2.08. The van der Waals surface area contributed by atoms with Gasteiger partial charge in [0.15, 0.2) is 6.73 Å². The maximum atomic E-state index is 12.4. The topological polar surface area (TPSA) is 103 Å². The standard InChI is InChI=1S/C20H14N4O4S/c25-18(17-9-4-10-29-17)21-14-6-3-5-13(11-14)20(27)28-12-24-19(26)15-7-1-2-8-16(15)22-23-24/h1-11H,12H2,(H,21,25). The Hall–Kier alpha value is -3.85. The number of fused-ring (bicyclic) bond motifs is 1. The first-order chi connectivity index (χ1) is 14.1. The monoisotopic (exact) mass is 406 g/mol. The highest BCUT2D eigenvalue weighted by Gasteiger charge is 2.12. The molecule has 2 aromatic heterocycles. The van der Waals surface area contributed by atoms with Gasteiger partial charge < -0.3 is 10.1 Å². The van der Waals surface area contributed by atoms with E-state index in [1.165, 1.54) is 17.4 Å². The zero-order valence-electron chi connectivity index (χ0n) is 14.9. The summed E-state index contributed by atoms with van der Waals surface area (Å²) in [5.41, 5.74) is 0.755. The van der Waals surface area contributed by atoms with Crippen molar-refractivity contribution in [2.45, 2.75) is 6.73 Å². The number of benzene rings is 2. The molecular weight excluding hydrogens is 392 g/mol. The highest BCUT2D eigenvalue weighted by atomic mass is 32.1. The van der Waals surface area contributed by atoms with E-state index in [1.54, 1.807) is 60.0 Å². The van der Waals surface area contributed by atoms with Gasteiger partial charge in [0.25, 0.3) is 11.5 Å². The Labute approximate surface area is 168 Å². The minimum atomic E-state index is -0.654. The van der Waals surface area contributed by atoms with Crippen LogP contribution in [0, 0.1) is 0 Å². The van der Waals surface area contributed by atoms with Gasteiger partial charge in [0.1, 0.15) is 5.52 Å². The normalized spacial score (nSPS) is 10.6. The van der Waals surface area contributed by atoms with Crippen molar-refractivity contribution in [1.29, 1.82) is 0 Å². The predicted octanol–water partition coefficient (Wildman–Crippen LogP) is 2.92. The molecule has 4 aromatic rings. The van der Waals surface area contributed by atoms with Crippen LogP contribution >= 0.6 is 11.3 Å². The molecule has 0 saturated heterocycles. The lowest BCUT2D eigenvalue weighted by Crippen LogP contribution is -2.26. The number of nitrogens with one attached hydrogen (secondary N) is 1. The Kier molecular flexibility index (Phi) is 5.12. The largest absolute Gasteiger partial charge is 0.439 e. The van der Waals surface area contributed by atoms with Crippen LogP contribution in [0.25, 0.3) is 10.9 Å². The van der Waals surface area contributed by atoms with E-state index in [0.717, 1.165) is 4.68 Å². The Morgan fingerprint density at radius 1 is 1.07 bits per heavy atom. The first-order valence-electron chi connectivity index (χ1n) is 8.56. The van der Waals surface area contributed by atoms with Gasteiger partial charge in [-0.05, 0) is 41.8 Å². The number of thiophene rings is 1. The molecule has 0 aliphatic heterocycles. The molecule has 0 unspecified atom stereocenters. The minimum Gasteiger partial charge on any atom is -0.439 e. The summed E-state index contributed by atoms with van der Waals surface area (Å²) in [5, 5.41) is 12.6. The Morgan fingerprint density at radius 2 is 1.93 bits per heavy atom. The van der Waals surface area contributed by atoms with Crippen molar-refractivity contribution in [3.05, 3.63) is 86.8 Å². The van der Waals surface area contributed by atoms with Gasteiger partial charge in [-0.2, -0.15) is 4.68 Å². The molecule has 0 bridgehead atoms. The number of rotatable bonds is 5. The maximum absolute atomic E-state index is 12.4. The van der Waals surface area contributed by atoms with Crippen molar-refractivity contribution in [2.24, 2.45) is 0 Å². The molecule has 8 nitrogen and oxygen atoms in total. The van der Waals surface area contributed by atoms with Crippen LogP contribution in [0.5, 0.6) is 0 Å². The number of anilines is 1. The molecule has 9 heteroatoms. The van der Waals surface area contributed by atoms with Crippen LogP contribution < -0.4 is 10.9 Å². The minimum absolute atomic E-state index is 0.232. The van der Waals surface area contributed by atoms with Gasteiger partial charge in [0, 0.05) is 5.69 Å². The number of hydrogen-bond acceptors (Lipinski definition) is 7. The fraction of sp³-hybridized carbons (Fsp3) is 0.0500. The van der Waals surface area contributed by atoms with Crippen molar-refractivity contribution in [3.63, 3.8) is 0 Å². The van der Waals surface area contributed by atoms with E-state index in [1.807, 2.05) is 0 Å². The zero-order chi connectivity index (χ0) is 20.2. The molecule has 1 amide bonds. The zero-order valence-corrected chi connectivity index (χ0v) is 15.8. The SMILES string of the molecule is O=C(OCn1nnc2ccccc2c1=O)c1cccc(NC(=O)c2cccs2)c1. The molecule has 4 rings (SSSR count). The van der Waals surface area contributed by atoms with Crippen molar-refractivity contribution in [3.8, 4) is 0 Å². The van der Waals surface area contributed by atoms with E-state index in [9.17, 15) is 14.4 Å². The number of hydrogen-bond donors (Lipinski definition) is 1. The third-order valence-corrected chi connectivity index (χ3v) is 4.92. The molecule has 0 aliphatic carbocycles. The quantitative estimate of drug-likeness (QED) is 0.511. The third-order valence-electron chi connectivity index (χ3n) is 4.05. The third kappa shape index (κ3) is 4.04. The Balaban J connectivity index is 1.46. The molecule has 144 valence electrons. The fourth-order valence-corrected chi connectivity index (χ4v) is 3.25. The van der Waals surface area contributed by atoms with Gasteiger partial charge >= 0.3 is 5.97 Å². The molecule has 0 spiro atoms. The van der Waals surface area contributed by atoms with Crippen LogP contribution in [-0.4, -0.2) is 26.9 Å². The number of esters is 1. The number of aromatic nitrogens is 3. The maximum Gasteiger partial charge on any atom is 0.339 e. The van der Waals surface area contributed by atoms with E-state index < -0.39 is 11.5 Å². The van der Waals surface area contributed by atoms with Gasteiger partial charge in [-0.15, -0.1) is 16.4 Å². The predicted molar refractivity (Wildman–Crippen MR) is 108 cm³/mol. The average molecular weight is 406 g/mol. The summed E-state index contributed by atoms with van der Waals surface area (Å²) in [7, 11) is 0. The summed E-state index contributed by atoms with van der Waals surface area (Å²) in [6.07, 6.45) is 0. The lowest BCUT2D eigenvalue weighted by molar-refractivity contribution is 0.0336. The molecule has 0 aliphatic rings. The van der Waals surface area contributed by atoms with Crippen LogP contribution in [0.1, 0.15) is 20.0 Å².